The Morgan fingerprint density at radius 1 is 1.53 bits per heavy atom. The van der Waals surface area contributed by atoms with Gasteiger partial charge in [0.25, 0.3) is 0 Å². The van der Waals surface area contributed by atoms with E-state index in [1.165, 1.54) is 25.7 Å². The Kier molecular flexibility index (Phi) is 4.34. The lowest BCUT2D eigenvalue weighted by Crippen LogP contribution is -2.21. The van der Waals surface area contributed by atoms with Crippen LogP contribution < -0.4 is 11.3 Å². The third-order valence-corrected chi connectivity index (χ3v) is 3.39. The van der Waals surface area contributed by atoms with E-state index in [-0.39, 0.29) is 0 Å². The van der Waals surface area contributed by atoms with Crippen LogP contribution in [0.1, 0.15) is 38.2 Å². The zero-order chi connectivity index (χ0) is 12.1. The van der Waals surface area contributed by atoms with Crippen LogP contribution in [0.4, 0.5) is 5.82 Å². The lowest BCUT2D eigenvalue weighted by Gasteiger charge is -2.27. The number of nitrogens with zero attached hydrogens (tertiary/aromatic N) is 1. The van der Waals surface area contributed by atoms with Crippen LogP contribution in [0.2, 0.25) is 0 Å². The minimum Gasteiger partial charge on any atom is -0.373 e. The fraction of sp³-hybridized carbons (Fsp3) is 0.615. The summed E-state index contributed by atoms with van der Waals surface area (Å²) in [4.78, 5) is 4.16. The van der Waals surface area contributed by atoms with Crippen LogP contribution in [0.25, 0.3) is 0 Å². The first-order chi connectivity index (χ1) is 8.29. The molecule has 3 N–H and O–H groups in total. The van der Waals surface area contributed by atoms with Crippen LogP contribution in [0.15, 0.2) is 18.3 Å². The lowest BCUT2D eigenvalue weighted by atomic mass is 9.89. The molecule has 17 heavy (non-hydrogen) atoms. The Bertz CT molecular complexity index is 356. The SMILES string of the molecule is CC1CCCC(OCc2cccnc2NN)C1. The van der Waals surface area contributed by atoms with Crippen LogP contribution in [-0.2, 0) is 11.3 Å². The summed E-state index contributed by atoms with van der Waals surface area (Å²) in [5, 5.41) is 0. The van der Waals surface area contributed by atoms with E-state index in [4.69, 9.17) is 10.6 Å². The highest BCUT2D eigenvalue weighted by Gasteiger charge is 2.19. The Labute approximate surface area is 103 Å². The van der Waals surface area contributed by atoms with E-state index in [1.807, 2.05) is 12.1 Å². The first-order valence-corrected chi connectivity index (χ1v) is 6.31. The van der Waals surface area contributed by atoms with E-state index in [0.29, 0.717) is 18.5 Å². The molecule has 0 radical (unpaired) electrons. The van der Waals surface area contributed by atoms with Gasteiger partial charge in [-0.05, 0) is 24.8 Å². The Balaban J connectivity index is 1.88. The summed E-state index contributed by atoms with van der Waals surface area (Å²) in [5.74, 6) is 6.91. The molecule has 0 bridgehead atoms. The second-order valence-electron chi connectivity index (χ2n) is 4.86. The molecule has 2 rings (SSSR count). The fourth-order valence-electron chi connectivity index (χ4n) is 2.42. The van der Waals surface area contributed by atoms with Crippen molar-refractivity contribution in [3.8, 4) is 0 Å². The van der Waals surface area contributed by atoms with Crippen molar-refractivity contribution in [2.45, 2.75) is 45.3 Å². The lowest BCUT2D eigenvalue weighted by molar-refractivity contribution is 0.00481. The van der Waals surface area contributed by atoms with Crippen molar-refractivity contribution in [1.82, 2.24) is 4.98 Å². The molecular formula is C13H21N3O. The molecule has 4 nitrogen and oxygen atoms in total. The Morgan fingerprint density at radius 2 is 2.41 bits per heavy atom. The van der Waals surface area contributed by atoms with Gasteiger partial charge in [-0.15, -0.1) is 0 Å². The van der Waals surface area contributed by atoms with Gasteiger partial charge in [-0.3, -0.25) is 0 Å². The summed E-state index contributed by atoms with van der Waals surface area (Å²) in [6.45, 7) is 2.89. The van der Waals surface area contributed by atoms with Gasteiger partial charge in [-0.25, -0.2) is 10.8 Å². The molecule has 0 aliphatic heterocycles. The van der Waals surface area contributed by atoms with Gasteiger partial charge in [0.15, 0.2) is 0 Å². The van der Waals surface area contributed by atoms with E-state index in [1.54, 1.807) is 6.20 Å². The monoisotopic (exact) mass is 235 g/mol. The molecule has 94 valence electrons. The van der Waals surface area contributed by atoms with Gasteiger partial charge >= 0.3 is 0 Å². The van der Waals surface area contributed by atoms with Crippen molar-refractivity contribution in [3.05, 3.63) is 23.9 Å². The molecule has 4 heteroatoms. The maximum Gasteiger partial charge on any atom is 0.145 e. The Hall–Kier alpha value is -1.13. The van der Waals surface area contributed by atoms with Crippen molar-refractivity contribution in [3.63, 3.8) is 0 Å². The number of hydrazine groups is 1. The smallest absolute Gasteiger partial charge is 0.145 e. The Morgan fingerprint density at radius 3 is 3.18 bits per heavy atom. The molecule has 1 aromatic heterocycles. The maximum absolute atomic E-state index is 5.95. The van der Waals surface area contributed by atoms with Crippen LogP contribution in [0.5, 0.6) is 0 Å². The predicted molar refractivity (Wildman–Crippen MR) is 68.3 cm³/mol. The predicted octanol–water partition coefficient (Wildman–Crippen LogP) is 2.46. The largest absolute Gasteiger partial charge is 0.373 e. The molecule has 2 unspecified atom stereocenters. The standard InChI is InChI=1S/C13H21N3O/c1-10-4-2-6-12(8-10)17-9-11-5-3-7-15-13(11)16-14/h3,5,7,10,12H,2,4,6,8-9,14H2,1H3,(H,15,16). The number of pyridine rings is 1. The number of nitrogens with one attached hydrogen (secondary N) is 1. The number of hydrogen-bond acceptors (Lipinski definition) is 4. The zero-order valence-corrected chi connectivity index (χ0v) is 10.4. The number of nitrogens with two attached hydrogens (primary N) is 1. The van der Waals surface area contributed by atoms with Crippen molar-refractivity contribution >= 4 is 5.82 Å². The maximum atomic E-state index is 5.95. The van der Waals surface area contributed by atoms with Gasteiger partial charge in [0, 0.05) is 11.8 Å². The fourth-order valence-corrected chi connectivity index (χ4v) is 2.42. The minimum absolute atomic E-state index is 0.393. The summed E-state index contributed by atoms with van der Waals surface area (Å²) >= 11 is 0. The van der Waals surface area contributed by atoms with E-state index in [2.05, 4.69) is 17.3 Å². The molecule has 1 heterocycles. The first-order valence-electron chi connectivity index (χ1n) is 6.31. The molecule has 0 saturated heterocycles. The van der Waals surface area contributed by atoms with Gasteiger partial charge < -0.3 is 10.2 Å². The first kappa shape index (κ1) is 12.3. The molecule has 1 saturated carbocycles. The van der Waals surface area contributed by atoms with Gasteiger partial charge in [-0.2, -0.15) is 0 Å². The van der Waals surface area contributed by atoms with Crippen LogP contribution in [0, 0.1) is 5.92 Å². The van der Waals surface area contributed by atoms with E-state index < -0.39 is 0 Å². The second kappa shape index (κ2) is 5.98. The normalized spacial score (nSPS) is 24.6. The van der Waals surface area contributed by atoms with E-state index >= 15 is 0 Å². The summed E-state index contributed by atoms with van der Waals surface area (Å²) in [6, 6.07) is 3.90. The van der Waals surface area contributed by atoms with Gasteiger partial charge in [0.2, 0.25) is 0 Å². The minimum atomic E-state index is 0.393. The topological polar surface area (TPSA) is 60.2 Å². The van der Waals surface area contributed by atoms with E-state index in [0.717, 1.165) is 11.5 Å². The number of aromatic nitrogens is 1. The molecular weight excluding hydrogens is 214 g/mol. The third kappa shape index (κ3) is 3.41. The summed E-state index contributed by atoms with van der Waals surface area (Å²) in [5.41, 5.74) is 3.62. The van der Waals surface area contributed by atoms with Crippen molar-refractivity contribution in [1.29, 1.82) is 0 Å². The summed E-state index contributed by atoms with van der Waals surface area (Å²) in [6.07, 6.45) is 7.08. The van der Waals surface area contributed by atoms with Crippen LogP contribution in [-0.4, -0.2) is 11.1 Å². The number of anilines is 1. The van der Waals surface area contributed by atoms with Gasteiger partial charge in [0.05, 0.1) is 12.7 Å². The zero-order valence-electron chi connectivity index (χ0n) is 10.4. The van der Waals surface area contributed by atoms with Gasteiger partial charge in [-0.1, -0.05) is 25.8 Å². The number of nitrogen functional groups attached to an aromatic ring is 1. The molecule has 2 atom stereocenters. The molecule has 0 aromatic carbocycles. The molecule has 0 amide bonds. The van der Waals surface area contributed by atoms with Crippen molar-refractivity contribution < 1.29 is 4.74 Å². The highest BCUT2D eigenvalue weighted by atomic mass is 16.5. The molecule has 1 aliphatic carbocycles. The quantitative estimate of drug-likeness (QED) is 0.621. The number of hydrogen-bond donors (Lipinski definition) is 2. The van der Waals surface area contributed by atoms with Crippen molar-refractivity contribution in [2.75, 3.05) is 5.43 Å². The summed E-state index contributed by atoms with van der Waals surface area (Å²) in [7, 11) is 0. The van der Waals surface area contributed by atoms with E-state index in [9.17, 15) is 0 Å². The molecule has 1 aromatic rings. The van der Waals surface area contributed by atoms with Crippen LogP contribution >= 0.6 is 0 Å². The number of rotatable bonds is 4. The average Bonchev–Trinajstić information content (AvgIpc) is 2.37. The van der Waals surface area contributed by atoms with Crippen LogP contribution in [0.3, 0.4) is 0 Å². The molecule has 0 spiro atoms. The highest BCUT2D eigenvalue weighted by molar-refractivity contribution is 5.41. The highest BCUT2D eigenvalue weighted by Crippen LogP contribution is 2.26. The number of ether oxygens (including phenoxy) is 1. The van der Waals surface area contributed by atoms with Crippen molar-refractivity contribution in [2.24, 2.45) is 11.8 Å². The van der Waals surface area contributed by atoms with Gasteiger partial charge in [0.1, 0.15) is 5.82 Å². The molecule has 1 aliphatic rings. The molecule has 1 fully saturated rings. The third-order valence-electron chi connectivity index (χ3n) is 3.39. The second-order valence-corrected chi connectivity index (χ2v) is 4.86. The average molecular weight is 235 g/mol. The summed E-state index contributed by atoms with van der Waals surface area (Å²) < 4.78 is 5.95.